The Balaban J connectivity index is 2.13. The maximum Gasteiger partial charge on any atom is 0.332 e. The molecule has 0 bridgehead atoms. The van der Waals surface area contributed by atoms with Crippen LogP contribution in [0.25, 0.3) is 11.2 Å². The summed E-state index contributed by atoms with van der Waals surface area (Å²) in [6.07, 6.45) is 1.65. The van der Waals surface area contributed by atoms with Gasteiger partial charge in [0.25, 0.3) is 5.56 Å². The zero-order valence-corrected chi connectivity index (χ0v) is 12.4. The van der Waals surface area contributed by atoms with Crippen LogP contribution >= 0.6 is 0 Å². The van der Waals surface area contributed by atoms with Crippen molar-refractivity contribution in [3.63, 3.8) is 0 Å². The Morgan fingerprint density at radius 2 is 1.82 bits per heavy atom. The number of benzene rings is 1. The van der Waals surface area contributed by atoms with E-state index in [1.807, 2.05) is 30.3 Å². The van der Waals surface area contributed by atoms with E-state index in [4.69, 9.17) is 5.73 Å². The van der Waals surface area contributed by atoms with Crippen LogP contribution in [0.2, 0.25) is 0 Å². The van der Waals surface area contributed by atoms with Crippen LogP contribution in [0.3, 0.4) is 0 Å². The van der Waals surface area contributed by atoms with Gasteiger partial charge in [-0.2, -0.15) is 0 Å². The number of rotatable bonds is 3. The van der Waals surface area contributed by atoms with Gasteiger partial charge < -0.3 is 10.3 Å². The lowest BCUT2D eigenvalue weighted by Crippen LogP contribution is -2.38. The molecular formula is C15H17N5O2. The van der Waals surface area contributed by atoms with Crippen LogP contribution < -0.4 is 17.0 Å². The average molecular weight is 299 g/mol. The van der Waals surface area contributed by atoms with Crippen molar-refractivity contribution >= 4 is 11.2 Å². The molecule has 0 aliphatic heterocycles. The van der Waals surface area contributed by atoms with E-state index in [-0.39, 0.29) is 5.56 Å². The van der Waals surface area contributed by atoms with Crippen molar-refractivity contribution in [2.75, 3.05) is 0 Å². The van der Waals surface area contributed by atoms with Gasteiger partial charge in [-0.25, -0.2) is 9.78 Å². The first-order valence-electron chi connectivity index (χ1n) is 6.92. The van der Waals surface area contributed by atoms with Crippen LogP contribution in [0, 0.1) is 0 Å². The molecule has 22 heavy (non-hydrogen) atoms. The quantitative estimate of drug-likeness (QED) is 0.745. The molecule has 3 rings (SSSR count). The molecule has 1 aromatic carbocycles. The molecule has 0 fully saturated rings. The number of hydrogen-bond acceptors (Lipinski definition) is 4. The summed E-state index contributed by atoms with van der Waals surface area (Å²) < 4.78 is 4.04. The van der Waals surface area contributed by atoms with Gasteiger partial charge in [-0.1, -0.05) is 30.3 Å². The number of aryl methyl sites for hydroxylation is 1. The molecule has 1 unspecified atom stereocenters. The van der Waals surface area contributed by atoms with Crippen LogP contribution in [0.15, 0.2) is 46.2 Å². The van der Waals surface area contributed by atoms with Gasteiger partial charge in [-0.3, -0.25) is 13.9 Å². The molecule has 0 radical (unpaired) electrons. The van der Waals surface area contributed by atoms with Gasteiger partial charge in [-0.15, -0.1) is 0 Å². The summed E-state index contributed by atoms with van der Waals surface area (Å²) >= 11 is 0. The van der Waals surface area contributed by atoms with Crippen molar-refractivity contribution < 1.29 is 0 Å². The number of hydrogen-bond donors (Lipinski definition) is 1. The van der Waals surface area contributed by atoms with Crippen LogP contribution in [-0.2, 0) is 20.5 Å². The zero-order chi connectivity index (χ0) is 15.9. The third-order valence-electron chi connectivity index (χ3n) is 3.82. The van der Waals surface area contributed by atoms with Crippen molar-refractivity contribution in [1.82, 2.24) is 18.7 Å². The molecule has 1 atom stereocenters. The molecule has 0 aliphatic rings. The van der Waals surface area contributed by atoms with Gasteiger partial charge in [0.2, 0.25) is 0 Å². The SMILES string of the molecule is Cn1c(=O)c2c(ncn2C(N)Cc2ccccc2)n(C)c1=O. The minimum Gasteiger partial charge on any atom is -0.311 e. The molecule has 2 N–H and O–H groups in total. The van der Waals surface area contributed by atoms with Gasteiger partial charge in [0.05, 0.1) is 12.5 Å². The van der Waals surface area contributed by atoms with Gasteiger partial charge in [-0.05, 0) is 5.56 Å². The smallest absolute Gasteiger partial charge is 0.311 e. The summed E-state index contributed by atoms with van der Waals surface area (Å²) in [6.45, 7) is 0. The second kappa shape index (κ2) is 5.27. The predicted molar refractivity (Wildman–Crippen MR) is 83.6 cm³/mol. The molecular weight excluding hydrogens is 282 g/mol. The summed E-state index contributed by atoms with van der Waals surface area (Å²) in [5.74, 6) is 0. The van der Waals surface area contributed by atoms with E-state index in [1.54, 1.807) is 11.6 Å². The highest BCUT2D eigenvalue weighted by molar-refractivity contribution is 5.70. The topological polar surface area (TPSA) is 87.8 Å². The maximum atomic E-state index is 12.4. The van der Waals surface area contributed by atoms with Gasteiger partial charge in [0.1, 0.15) is 0 Å². The normalized spacial score (nSPS) is 12.7. The van der Waals surface area contributed by atoms with E-state index < -0.39 is 11.9 Å². The molecule has 114 valence electrons. The van der Waals surface area contributed by atoms with Crippen LogP contribution in [0.1, 0.15) is 11.7 Å². The molecule has 7 heteroatoms. The summed E-state index contributed by atoms with van der Waals surface area (Å²) in [4.78, 5) is 28.5. The average Bonchev–Trinajstić information content (AvgIpc) is 2.97. The second-order valence-corrected chi connectivity index (χ2v) is 5.29. The van der Waals surface area contributed by atoms with Crippen molar-refractivity contribution in [3.05, 3.63) is 63.1 Å². The highest BCUT2D eigenvalue weighted by Crippen LogP contribution is 2.14. The van der Waals surface area contributed by atoms with Crippen molar-refractivity contribution in [1.29, 1.82) is 0 Å². The molecule has 0 amide bonds. The van der Waals surface area contributed by atoms with E-state index in [9.17, 15) is 9.59 Å². The number of nitrogens with zero attached hydrogens (tertiary/aromatic N) is 4. The summed E-state index contributed by atoms with van der Waals surface area (Å²) in [5, 5.41) is 0. The van der Waals surface area contributed by atoms with Crippen molar-refractivity contribution in [2.24, 2.45) is 19.8 Å². The number of fused-ring (bicyclic) bond motifs is 1. The predicted octanol–water partition coefficient (Wildman–Crippen LogP) is 0.134. The minimum atomic E-state index is -0.433. The summed E-state index contributed by atoms with van der Waals surface area (Å²) in [6, 6.07) is 9.78. The van der Waals surface area contributed by atoms with Crippen LogP contribution in [-0.4, -0.2) is 18.7 Å². The minimum absolute atomic E-state index is 0.341. The molecule has 0 spiro atoms. The number of imidazole rings is 1. The third-order valence-corrected chi connectivity index (χ3v) is 3.82. The van der Waals surface area contributed by atoms with Crippen molar-refractivity contribution in [2.45, 2.75) is 12.6 Å². The lowest BCUT2D eigenvalue weighted by atomic mass is 10.1. The molecule has 2 heterocycles. The largest absolute Gasteiger partial charge is 0.332 e. The Hall–Kier alpha value is -2.67. The Kier molecular flexibility index (Phi) is 3.42. The fourth-order valence-electron chi connectivity index (χ4n) is 2.57. The Morgan fingerprint density at radius 3 is 2.50 bits per heavy atom. The van der Waals surface area contributed by atoms with Gasteiger partial charge in [0.15, 0.2) is 11.2 Å². The van der Waals surface area contributed by atoms with E-state index in [1.165, 1.54) is 17.9 Å². The first-order valence-corrected chi connectivity index (χ1v) is 6.92. The maximum absolute atomic E-state index is 12.4. The lowest BCUT2D eigenvalue weighted by molar-refractivity contribution is 0.529. The molecule has 2 aromatic heterocycles. The van der Waals surface area contributed by atoms with Crippen molar-refractivity contribution in [3.8, 4) is 0 Å². The molecule has 0 saturated carbocycles. The highest BCUT2D eigenvalue weighted by atomic mass is 16.2. The number of nitrogens with two attached hydrogens (primary N) is 1. The fourth-order valence-corrected chi connectivity index (χ4v) is 2.57. The Bertz CT molecular complexity index is 936. The highest BCUT2D eigenvalue weighted by Gasteiger charge is 2.17. The molecule has 3 aromatic rings. The number of aromatic nitrogens is 4. The Morgan fingerprint density at radius 1 is 1.14 bits per heavy atom. The van der Waals surface area contributed by atoms with Crippen LogP contribution in [0.5, 0.6) is 0 Å². The first-order chi connectivity index (χ1) is 10.5. The monoisotopic (exact) mass is 299 g/mol. The van der Waals surface area contributed by atoms with Gasteiger partial charge in [0, 0.05) is 20.5 Å². The van der Waals surface area contributed by atoms with E-state index >= 15 is 0 Å². The Labute approximate surface area is 126 Å². The standard InChI is InChI=1S/C15H17N5O2/c1-18-13-12(14(21)19(2)15(18)22)20(9-17-13)11(16)8-10-6-4-3-5-7-10/h3-7,9,11H,8,16H2,1-2H3. The molecule has 7 nitrogen and oxygen atoms in total. The fraction of sp³-hybridized carbons (Fsp3) is 0.267. The summed E-state index contributed by atoms with van der Waals surface area (Å²) in [5.41, 5.74) is 7.19. The second-order valence-electron chi connectivity index (χ2n) is 5.29. The first kappa shape index (κ1) is 14.3. The van der Waals surface area contributed by atoms with E-state index in [2.05, 4.69) is 4.98 Å². The lowest BCUT2D eigenvalue weighted by Gasteiger charge is -2.14. The van der Waals surface area contributed by atoms with Gasteiger partial charge >= 0.3 is 5.69 Å². The van der Waals surface area contributed by atoms with E-state index in [0.717, 1.165) is 10.1 Å². The summed E-state index contributed by atoms with van der Waals surface area (Å²) in [7, 11) is 3.04. The zero-order valence-electron chi connectivity index (χ0n) is 12.4. The van der Waals surface area contributed by atoms with E-state index in [0.29, 0.717) is 17.6 Å². The molecule has 0 saturated heterocycles. The molecule has 0 aliphatic carbocycles. The third kappa shape index (κ3) is 2.15. The van der Waals surface area contributed by atoms with Crippen LogP contribution in [0.4, 0.5) is 0 Å².